The Kier molecular flexibility index (Phi) is 3.08. The van der Waals surface area contributed by atoms with Crippen molar-refractivity contribution in [1.29, 1.82) is 0 Å². The van der Waals surface area contributed by atoms with E-state index in [1.54, 1.807) is 12.1 Å². The molecule has 0 aliphatic rings. The summed E-state index contributed by atoms with van der Waals surface area (Å²) < 4.78 is 1.85. The Bertz CT molecular complexity index is 544. The SMILES string of the molecule is Cc1nnc2cc(C(=O)NCC(C)C)ccn12. The standard InChI is InChI=1S/C12H16N4O/c1-8(2)7-13-12(17)10-4-5-16-9(3)14-15-11(16)6-10/h4-6,8H,7H2,1-3H3,(H,13,17). The number of pyridine rings is 1. The van der Waals surface area contributed by atoms with E-state index in [1.165, 1.54) is 0 Å². The highest BCUT2D eigenvalue weighted by molar-refractivity contribution is 5.94. The molecule has 0 spiro atoms. The average molecular weight is 232 g/mol. The predicted molar refractivity (Wildman–Crippen MR) is 64.9 cm³/mol. The molecule has 0 fully saturated rings. The van der Waals surface area contributed by atoms with Crippen molar-refractivity contribution in [2.75, 3.05) is 6.54 Å². The largest absolute Gasteiger partial charge is 0.352 e. The van der Waals surface area contributed by atoms with Crippen molar-refractivity contribution in [2.24, 2.45) is 5.92 Å². The van der Waals surface area contributed by atoms with Crippen molar-refractivity contribution in [3.8, 4) is 0 Å². The first-order chi connectivity index (χ1) is 8.08. The van der Waals surface area contributed by atoms with E-state index < -0.39 is 0 Å². The molecule has 1 amide bonds. The summed E-state index contributed by atoms with van der Waals surface area (Å²) >= 11 is 0. The summed E-state index contributed by atoms with van der Waals surface area (Å²) in [6.07, 6.45) is 1.81. The zero-order chi connectivity index (χ0) is 12.4. The number of hydrogen-bond donors (Lipinski definition) is 1. The zero-order valence-electron chi connectivity index (χ0n) is 10.3. The molecule has 5 nitrogen and oxygen atoms in total. The maximum Gasteiger partial charge on any atom is 0.251 e. The molecule has 0 aromatic carbocycles. The van der Waals surface area contributed by atoms with E-state index in [1.807, 2.05) is 17.5 Å². The lowest BCUT2D eigenvalue weighted by Crippen LogP contribution is -2.27. The minimum Gasteiger partial charge on any atom is -0.352 e. The van der Waals surface area contributed by atoms with Crippen LogP contribution in [0.25, 0.3) is 5.65 Å². The molecule has 2 rings (SSSR count). The van der Waals surface area contributed by atoms with Crippen molar-refractivity contribution in [3.63, 3.8) is 0 Å². The number of nitrogens with one attached hydrogen (secondary N) is 1. The number of carbonyl (C=O) groups excluding carboxylic acids is 1. The van der Waals surface area contributed by atoms with Gasteiger partial charge in [0, 0.05) is 18.3 Å². The van der Waals surface area contributed by atoms with Crippen LogP contribution in [-0.2, 0) is 0 Å². The van der Waals surface area contributed by atoms with E-state index in [0.717, 1.165) is 5.82 Å². The van der Waals surface area contributed by atoms with Crippen LogP contribution >= 0.6 is 0 Å². The monoisotopic (exact) mass is 232 g/mol. The molecule has 17 heavy (non-hydrogen) atoms. The quantitative estimate of drug-likeness (QED) is 0.870. The van der Waals surface area contributed by atoms with Crippen molar-refractivity contribution in [3.05, 3.63) is 29.7 Å². The number of nitrogens with zero attached hydrogens (tertiary/aromatic N) is 3. The number of hydrogen-bond acceptors (Lipinski definition) is 3. The van der Waals surface area contributed by atoms with Crippen LogP contribution in [0.3, 0.4) is 0 Å². The number of amides is 1. The maximum absolute atomic E-state index is 11.8. The van der Waals surface area contributed by atoms with Gasteiger partial charge in [-0.05, 0) is 25.0 Å². The molecular formula is C12H16N4O. The van der Waals surface area contributed by atoms with E-state index in [0.29, 0.717) is 23.7 Å². The van der Waals surface area contributed by atoms with Gasteiger partial charge in [-0.3, -0.25) is 9.20 Å². The molecule has 0 aliphatic carbocycles. The van der Waals surface area contributed by atoms with Gasteiger partial charge in [-0.25, -0.2) is 0 Å². The van der Waals surface area contributed by atoms with Gasteiger partial charge in [-0.15, -0.1) is 10.2 Å². The fourth-order valence-electron chi connectivity index (χ4n) is 1.55. The maximum atomic E-state index is 11.8. The number of rotatable bonds is 3. The van der Waals surface area contributed by atoms with Gasteiger partial charge in [0.25, 0.3) is 5.91 Å². The Hall–Kier alpha value is -1.91. The molecule has 5 heteroatoms. The Labute approximate surface area is 99.9 Å². The summed E-state index contributed by atoms with van der Waals surface area (Å²) in [5, 5.41) is 10.8. The van der Waals surface area contributed by atoms with Crippen LogP contribution in [0.4, 0.5) is 0 Å². The average Bonchev–Trinajstić information content (AvgIpc) is 2.67. The second kappa shape index (κ2) is 4.53. The fourth-order valence-corrected chi connectivity index (χ4v) is 1.55. The molecule has 0 saturated carbocycles. The number of carbonyl (C=O) groups is 1. The Morgan fingerprint density at radius 2 is 2.24 bits per heavy atom. The Morgan fingerprint density at radius 1 is 1.47 bits per heavy atom. The first kappa shape index (κ1) is 11.6. The van der Waals surface area contributed by atoms with E-state index in [9.17, 15) is 4.79 Å². The van der Waals surface area contributed by atoms with Gasteiger partial charge < -0.3 is 5.32 Å². The second-order valence-corrected chi connectivity index (χ2v) is 4.49. The van der Waals surface area contributed by atoms with Crippen LogP contribution in [-0.4, -0.2) is 27.0 Å². The minimum absolute atomic E-state index is 0.0677. The van der Waals surface area contributed by atoms with Gasteiger partial charge >= 0.3 is 0 Å². The topological polar surface area (TPSA) is 59.3 Å². The number of aryl methyl sites for hydroxylation is 1. The highest BCUT2D eigenvalue weighted by Gasteiger charge is 2.08. The van der Waals surface area contributed by atoms with Crippen LogP contribution in [0.5, 0.6) is 0 Å². The van der Waals surface area contributed by atoms with Crippen LogP contribution in [0.2, 0.25) is 0 Å². The molecule has 90 valence electrons. The van der Waals surface area contributed by atoms with Crippen molar-refractivity contribution < 1.29 is 4.79 Å². The molecular weight excluding hydrogens is 216 g/mol. The first-order valence-electron chi connectivity index (χ1n) is 5.67. The molecule has 0 bridgehead atoms. The summed E-state index contributed by atoms with van der Waals surface area (Å²) in [4.78, 5) is 11.8. The Balaban J connectivity index is 2.21. The van der Waals surface area contributed by atoms with Crippen molar-refractivity contribution in [1.82, 2.24) is 19.9 Å². The molecule has 0 radical (unpaired) electrons. The van der Waals surface area contributed by atoms with Crippen molar-refractivity contribution >= 4 is 11.6 Å². The summed E-state index contributed by atoms with van der Waals surface area (Å²) in [5.41, 5.74) is 1.31. The van der Waals surface area contributed by atoms with E-state index in [2.05, 4.69) is 29.4 Å². The normalized spacial score (nSPS) is 11.1. The van der Waals surface area contributed by atoms with Gasteiger partial charge in [0.1, 0.15) is 5.82 Å². The van der Waals surface area contributed by atoms with Crippen LogP contribution < -0.4 is 5.32 Å². The number of fused-ring (bicyclic) bond motifs is 1. The summed E-state index contributed by atoms with van der Waals surface area (Å²) in [7, 11) is 0. The molecule has 1 N–H and O–H groups in total. The highest BCUT2D eigenvalue weighted by atomic mass is 16.1. The van der Waals surface area contributed by atoms with Gasteiger partial charge in [-0.1, -0.05) is 13.8 Å². The second-order valence-electron chi connectivity index (χ2n) is 4.49. The molecule has 0 aliphatic heterocycles. The molecule has 0 atom stereocenters. The minimum atomic E-state index is -0.0677. The third-order valence-corrected chi connectivity index (χ3v) is 2.51. The van der Waals surface area contributed by atoms with Gasteiger partial charge in [0.05, 0.1) is 0 Å². The third-order valence-electron chi connectivity index (χ3n) is 2.51. The number of aromatic nitrogens is 3. The lowest BCUT2D eigenvalue weighted by molar-refractivity contribution is 0.0949. The molecule has 2 heterocycles. The van der Waals surface area contributed by atoms with Crippen molar-refractivity contribution in [2.45, 2.75) is 20.8 Å². The Morgan fingerprint density at radius 3 is 2.94 bits per heavy atom. The lowest BCUT2D eigenvalue weighted by atomic mass is 10.2. The smallest absolute Gasteiger partial charge is 0.251 e. The van der Waals surface area contributed by atoms with E-state index in [4.69, 9.17) is 0 Å². The highest BCUT2D eigenvalue weighted by Crippen LogP contribution is 2.07. The van der Waals surface area contributed by atoms with Gasteiger partial charge in [-0.2, -0.15) is 0 Å². The summed E-state index contributed by atoms with van der Waals surface area (Å²) in [5.74, 6) is 1.19. The zero-order valence-corrected chi connectivity index (χ0v) is 10.3. The third kappa shape index (κ3) is 2.43. The predicted octanol–water partition coefficient (Wildman–Crippen LogP) is 1.42. The van der Waals surface area contributed by atoms with Crippen LogP contribution in [0, 0.1) is 12.8 Å². The summed E-state index contributed by atoms with van der Waals surface area (Å²) in [6, 6.07) is 3.52. The lowest BCUT2D eigenvalue weighted by Gasteiger charge is -2.07. The molecule has 0 saturated heterocycles. The van der Waals surface area contributed by atoms with Gasteiger partial charge in [0.2, 0.25) is 0 Å². The molecule has 2 aromatic heterocycles. The summed E-state index contributed by atoms with van der Waals surface area (Å²) in [6.45, 7) is 6.67. The molecule has 0 unspecified atom stereocenters. The first-order valence-corrected chi connectivity index (χ1v) is 5.67. The van der Waals surface area contributed by atoms with Crippen LogP contribution in [0.15, 0.2) is 18.3 Å². The van der Waals surface area contributed by atoms with E-state index >= 15 is 0 Å². The fraction of sp³-hybridized carbons (Fsp3) is 0.417. The van der Waals surface area contributed by atoms with Crippen LogP contribution in [0.1, 0.15) is 30.0 Å². The van der Waals surface area contributed by atoms with E-state index in [-0.39, 0.29) is 5.91 Å². The molecule has 2 aromatic rings. The van der Waals surface area contributed by atoms with Gasteiger partial charge in [0.15, 0.2) is 5.65 Å².